The Morgan fingerprint density at radius 1 is 1.90 bits per heavy atom. The van der Waals surface area contributed by atoms with Crippen molar-refractivity contribution in [3.63, 3.8) is 0 Å². The fourth-order valence-corrected chi connectivity index (χ4v) is 0.873. The number of carbonyl (C=O) groups is 1. The fourth-order valence-electron chi connectivity index (χ4n) is 0.873. The van der Waals surface area contributed by atoms with Crippen molar-refractivity contribution in [3.8, 4) is 0 Å². The van der Waals surface area contributed by atoms with Crippen LogP contribution in [-0.4, -0.2) is 29.8 Å². The Hall–Kier alpha value is -0.930. The number of amidine groups is 1. The van der Waals surface area contributed by atoms with Gasteiger partial charge in [0.25, 0.3) is 0 Å². The lowest BCUT2D eigenvalue weighted by molar-refractivity contribution is -0.109. The second-order valence-electron chi connectivity index (χ2n) is 2.25. The van der Waals surface area contributed by atoms with E-state index in [0.717, 1.165) is 6.29 Å². The van der Waals surface area contributed by atoms with Crippen LogP contribution in [-0.2, 0) is 4.79 Å². The molecular weight excluding hydrogens is 135 g/mol. The Kier molecular flexibility index (Phi) is 1.99. The van der Waals surface area contributed by atoms with E-state index in [-0.39, 0.29) is 12.6 Å². The molecule has 0 spiro atoms. The molecule has 4 heteroatoms. The van der Waals surface area contributed by atoms with Crippen LogP contribution in [0.2, 0.25) is 0 Å². The van der Waals surface area contributed by atoms with Crippen molar-refractivity contribution in [2.45, 2.75) is 19.4 Å². The first-order valence-electron chi connectivity index (χ1n) is 3.17. The first kappa shape index (κ1) is 7.18. The summed E-state index contributed by atoms with van der Waals surface area (Å²) in [5.41, 5.74) is 0. The van der Waals surface area contributed by atoms with Gasteiger partial charge in [0, 0.05) is 0 Å². The normalized spacial score (nSPS) is 26.0. The Morgan fingerprint density at radius 2 is 2.60 bits per heavy atom. The third-order valence-corrected chi connectivity index (χ3v) is 1.48. The molecule has 0 aromatic carbocycles. The van der Waals surface area contributed by atoms with Crippen LogP contribution in [0.3, 0.4) is 0 Å². The zero-order chi connectivity index (χ0) is 7.56. The molecule has 0 bridgehead atoms. The highest BCUT2D eigenvalue weighted by Crippen LogP contribution is 2.07. The van der Waals surface area contributed by atoms with E-state index in [0.29, 0.717) is 17.4 Å². The van der Waals surface area contributed by atoms with Crippen molar-refractivity contribution in [3.05, 3.63) is 0 Å². The summed E-state index contributed by atoms with van der Waals surface area (Å²) in [6.07, 6.45) is 1.23. The van der Waals surface area contributed by atoms with Gasteiger partial charge in [0.1, 0.15) is 18.2 Å². The topological polar surface area (TPSA) is 32.7 Å². The second-order valence-corrected chi connectivity index (χ2v) is 2.25. The first-order chi connectivity index (χ1) is 4.74. The van der Waals surface area contributed by atoms with Crippen LogP contribution in [0.25, 0.3) is 0 Å². The van der Waals surface area contributed by atoms with Gasteiger partial charge in [-0.1, -0.05) is 4.48 Å². The van der Waals surface area contributed by atoms with Crippen molar-refractivity contribution in [1.82, 2.24) is 5.12 Å². The first-order valence-corrected chi connectivity index (χ1v) is 3.17. The molecule has 0 amide bonds. The van der Waals surface area contributed by atoms with Gasteiger partial charge in [-0.3, -0.25) is 4.99 Å². The summed E-state index contributed by atoms with van der Waals surface area (Å²) in [5, 5.41) is 0.556. The summed E-state index contributed by atoms with van der Waals surface area (Å²) in [7, 11) is 0. The maximum Gasteiger partial charge on any atom is 0.144 e. The van der Waals surface area contributed by atoms with E-state index in [4.69, 9.17) is 0 Å². The SMILES string of the molecule is CC1=NC(C=O)CCN1F. The van der Waals surface area contributed by atoms with E-state index in [1.54, 1.807) is 6.92 Å². The van der Waals surface area contributed by atoms with Gasteiger partial charge in [0.2, 0.25) is 0 Å². The summed E-state index contributed by atoms with van der Waals surface area (Å²) < 4.78 is 12.5. The van der Waals surface area contributed by atoms with Crippen LogP contribution in [0.15, 0.2) is 4.99 Å². The smallest absolute Gasteiger partial charge is 0.144 e. The number of aldehydes is 1. The fraction of sp³-hybridized carbons (Fsp3) is 0.667. The Labute approximate surface area is 58.5 Å². The summed E-state index contributed by atoms with van der Waals surface area (Å²) in [4.78, 5) is 13.9. The number of nitrogens with zero attached hydrogens (tertiary/aromatic N) is 2. The zero-order valence-corrected chi connectivity index (χ0v) is 5.75. The highest BCUT2D eigenvalue weighted by molar-refractivity contribution is 5.81. The summed E-state index contributed by atoms with van der Waals surface area (Å²) in [6, 6.07) is -0.327. The minimum Gasteiger partial charge on any atom is -0.301 e. The molecule has 0 aromatic heterocycles. The molecule has 0 saturated carbocycles. The van der Waals surface area contributed by atoms with Crippen molar-refractivity contribution < 1.29 is 9.28 Å². The summed E-state index contributed by atoms with van der Waals surface area (Å²) >= 11 is 0. The van der Waals surface area contributed by atoms with E-state index < -0.39 is 0 Å². The van der Waals surface area contributed by atoms with Gasteiger partial charge >= 0.3 is 0 Å². The number of hydrogen-bond donors (Lipinski definition) is 0. The molecule has 1 aliphatic heterocycles. The number of aliphatic imine (C=N–C) groups is 1. The van der Waals surface area contributed by atoms with Crippen LogP contribution in [0.5, 0.6) is 0 Å². The quantitative estimate of drug-likeness (QED) is 0.398. The predicted octanol–water partition coefficient (Wildman–Crippen LogP) is 0.562. The maximum absolute atomic E-state index is 12.5. The third-order valence-electron chi connectivity index (χ3n) is 1.48. The molecule has 1 aliphatic rings. The molecule has 0 aliphatic carbocycles. The number of rotatable bonds is 1. The summed E-state index contributed by atoms with van der Waals surface area (Å²) in [5.74, 6) is 0.295. The van der Waals surface area contributed by atoms with Crippen LogP contribution in [0.4, 0.5) is 4.48 Å². The zero-order valence-electron chi connectivity index (χ0n) is 5.75. The third kappa shape index (κ3) is 1.32. The Balaban J connectivity index is 2.65. The maximum atomic E-state index is 12.5. The van der Waals surface area contributed by atoms with Crippen molar-refractivity contribution in [1.29, 1.82) is 0 Å². The van der Waals surface area contributed by atoms with Gasteiger partial charge < -0.3 is 4.79 Å². The van der Waals surface area contributed by atoms with Crippen molar-refractivity contribution in [2.24, 2.45) is 4.99 Å². The molecule has 1 atom stereocenters. The molecule has 0 fully saturated rings. The van der Waals surface area contributed by atoms with Gasteiger partial charge in [-0.25, -0.2) is 0 Å². The molecule has 0 N–H and O–H groups in total. The van der Waals surface area contributed by atoms with E-state index in [1.165, 1.54) is 0 Å². The molecule has 1 rings (SSSR count). The molecule has 10 heavy (non-hydrogen) atoms. The van der Waals surface area contributed by atoms with Crippen LogP contribution >= 0.6 is 0 Å². The largest absolute Gasteiger partial charge is 0.301 e. The van der Waals surface area contributed by atoms with Crippen molar-refractivity contribution in [2.75, 3.05) is 6.54 Å². The average Bonchev–Trinajstić information content (AvgIpc) is 1.95. The van der Waals surface area contributed by atoms with Crippen LogP contribution < -0.4 is 0 Å². The molecule has 0 saturated heterocycles. The Bertz CT molecular complexity index is 169. The molecule has 0 radical (unpaired) electrons. The molecule has 0 aromatic rings. The van der Waals surface area contributed by atoms with E-state index in [1.807, 2.05) is 0 Å². The lowest BCUT2D eigenvalue weighted by atomic mass is 10.2. The Morgan fingerprint density at radius 3 is 3.10 bits per heavy atom. The van der Waals surface area contributed by atoms with Crippen molar-refractivity contribution >= 4 is 12.1 Å². The number of carbonyl (C=O) groups excluding carboxylic acids is 1. The average molecular weight is 144 g/mol. The lowest BCUT2D eigenvalue weighted by Gasteiger charge is -2.20. The monoisotopic (exact) mass is 144 g/mol. The highest BCUT2D eigenvalue weighted by atomic mass is 19.2. The molecule has 56 valence electrons. The number of hydrogen-bond acceptors (Lipinski definition) is 3. The van der Waals surface area contributed by atoms with Gasteiger partial charge in [-0.05, 0) is 13.3 Å². The van der Waals surface area contributed by atoms with Gasteiger partial charge in [-0.15, -0.1) is 0 Å². The van der Waals surface area contributed by atoms with E-state index in [2.05, 4.69) is 4.99 Å². The lowest BCUT2D eigenvalue weighted by Crippen LogP contribution is -2.31. The van der Waals surface area contributed by atoms with E-state index in [9.17, 15) is 9.28 Å². The minimum absolute atomic E-state index is 0.277. The molecular formula is C6H9FN2O. The number of halogens is 1. The standard InChI is InChI=1S/C6H9FN2O/c1-5-8-6(4-10)2-3-9(5)7/h4,6H,2-3H2,1H3. The second kappa shape index (κ2) is 2.77. The highest BCUT2D eigenvalue weighted by Gasteiger charge is 2.16. The summed E-state index contributed by atoms with van der Waals surface area (Å²) in [6.45, 7) is 1.83. The van der Waals surface area contributed by atoms with Gasteiger partial charge in [0.05, 0.1) is 6.54 Å². The predicted molar refractivity (Wildman–Crippen MR) is 35.4 cm³/mol. The van der Waals surface area contributed by atoms with Gasteiger partial charge in [0.15, 0.2) is 0 Å². The van der Waals surface area contributed by atoms with Crippen LogP contribution in [0.1, 0.15) is 13.3 Å². The van der Waals surface area contributed by atoms with Crippen LogP contribution in [0, 0.1) is 0 Å². The van der Waals surface area contributed by atoms with E-state index >= 15 is 0 Å². The molecule has 1 heterocycles. The molecule has 3 nitrogen and oxygen atoms in total. The minimum atomic E-state index is -0.327. The molecule has 1 unspecified atom stereocenters. The van der Waals surface area contributed by atoms with Gasteiger partial charge in [-0.2, -0.15) is 5.12 Å².